The standard InChI is InChI=1S/C13H8Cl3NO3/c14-8-3-9(12(16)10(15)4-8)7-1-6(2-11(18)19)13(20)17-5-7/h1,3-5H,2H2,(H,17,20)(H,18,19). The molecule has 1 aromatic carbocycles. The minimum atomic E-state index is -1.09. The van der Waals surface area contributed by atoms with Crippen molar-refractivity contribution < 1.29 is 9.90 Å². The van der Waals surface area contributed by atoms with Crippen molar-refractivity contribution in [3.05, 3.63) is 55.4 Å². The van der Waals surface area contributed by atoms with Crippen molar-refractivity contribution in [3.63, 3.8) is 0 Å². The molecule has 1 aromatic heterocycles. The second-order valence-corrected chi connectivity index (χ2v) is 5.28. The minimum absolute atomic E-state index is 0.127. The first-order valence-corrected chi connectivity index (χ1v) is 6.60. The Morgan fingerprint density at radius 1 is 1.20 bits per heavy atom. The Bertz CT molecular complexity index is 740. The van der Waals surface area contributed by atoms with Crippen molar-refractivity contribution in [2.24, 2.45) is 0 Å². The second-order valence-electron chi connectivity index (χ2n) is 4.06. The Balaban J connectivity index is 2.59. The number of nitrogens with one attached hydrogen (secondary N) is 1. The molecule has 0 saturated carbocycles. The van der Waals surface area contributed by atoms with E-state index >= 15 is 0 Å². The predicted molar refractivity (Wildman–Crippen MR) is 78.9 cm³/mol. The van der Waals surface area contributed by atoms with E-state index in [0.717, 1.165) is 0 Å². The quantitative estimate of drug-likeness (QED) is 0.843. The van der Waals surface area contributed by atoms with Gasteiger partial charge in [-0.15, -0.1) is 0 Å². The minimum Gasteiger partial charge on any atom is -0.481 e. The van der Waals surface area contributed by atoms with Gasteiger partial charge in [0.15, 0.2) is 0 Å². The fourth-order valence-corrected chi connectivity index (χ4v) is 2.46. The number of rotatable bonds is 3. The monoisotopic (exact) mass is 331 g/mol. The summed E-state index contributed by atoms with van der Waals surface area (Å²) in [4.78, 5) is 24.8. The molecule has 20 heavy (non-hydrogen) atoms. The lowest BCUT2D eigenvalue weighted by Crippen LogP contribution is -2.15. The molecule has 0 unspecified atom stereocenters. The van der Waals surface area contributed by atoms with Crippen LogP contribution < -0.4 is 5.56 Å². The van der Waals surface area contributed by atoms with E-state index in [1.54, 1.807) is 6.07 Å². The normalized spacial score (nSPS) is 10.6. The molecule has 0 spiro atoms. The molecule has 4 nitrogen and oxygen atoms in total. The van der Waals surface area contributed by atoms with Crippen molar-refractivity contribution in [3.8, 4) is 11.1 Å². The molecule has 0 aliphatic heterocycles. The third-order valence-electron chi connectivity index (χ3n) is 2.63. The first-order chi connectivity index (χ1) is 9.38. The lowest BCUT2D eigenvalue weighted by atomic mass is 10.0. The molecule has 0 radical (unpaired) electrons. The Morgan fingerprint density at radius 2 is 1.90 bits per heavy atom. The first kappa shape index (κ1) is 14.9. The third kappa shape index (κ3) is 3.15. The van der Waals surface area contributed by atoms with E-state index < -0.39 is 11.5 Å². The number of pyridine rings is 1. The number of hydrogen-bond donors (Lipinski definition) is 2. The van der Waals surface area contributed by atoms with Crippen LogP contribution in [0.5, 0.6) is 0 Å². The first-order valence-electron chi connectivity index (χ1n) is 5.47. The lowest BCUT2D eigenvalue weighted by molar-refractivity contribution is -0.136. The fraction of sp³-hybridized carbons (Fsp3) is 0.0769. The van der Waals surface area contributed by atoms with Gasteiger partial charge in [0.2, 0.25) is 0 Å². The smallest absolute Gasteiger partial charge is 0.308 e. The summed E-state index contributed by atoms with van der Waals surface area (Å²) in [5.74, 6) is -1.09. The van der Waals surface area contributed by atoms with Gasteiger partial charge in [-0.2, -0.15) is 0 Å². The third-order valence-corrected chi connectivity index (χ3v) is 3.65. The van der Waals surface area contributed by atoms with E-state index in [4.69, 9.17) is 39.9 Å². The van der Waals surface area contributed by atoms with Gasteiger partial charge >= 0.3 is 5.97 Å². The van der Waals surface area contributed by atoms with Crippen LogP contribution in [0.4, 0.5) is 0 Å². The maximum absolute atomic E-state index is 11.6. The summed E-state index contributed by atoms with van der Waals surface area (Å²) in [6, 6.07) is 4.55. The van der Waals surface area contributed by atoms with Crippen LogP contribution in [-0.2, 0) is 11.2 Å². The van der Waals surface area contributed by atoms with Crippen LogP contribution in [0.25, 0.3) is 11.1 Å². The molecule has 7 heteroatoms. The highest BCUT2D eigenvalue weighted by atomic mass is 35.5. The summed E-state index contributed by atoms with van der Waals surface area (Å²) in [5.41, 5.74) is 0.727. The van der Waals surface area contributed by atoms with Gasteiger partial charge in [-0.05, 0) is 23.8 Å². The Kier molecular flexibility index (Phi) is 4.38. The zero-order valence-electron chi connectivity index (χ0n) is 9.91. The molecule has 0 amide bonds. The van der Waals surface area contributed by atoms with Gasteiger partial charge in [0.25, 0.3) is 5.56 Å². The number of aromatic amines is 1. The second kappa shape index (κ2) is 5.87. The van der Waals surface area contributed by atoms with Gasteiger partial charge in [0, 0.05) is 22.3 Å². The largest absolute Gasteiger partial charge is 0.481 e. The van der Waals surface area contributed by atoms with E-state index in [0.29, 0.717) is 16.1 Å². The Labute approximate surface area is 128 Å². The number of carboxylic acid groups (broad SMARTS) is 1. The van der Waals surface area contributed by atoms with Crippen molar-refractivity contribution in [1.82, 2.24) is 4.98 Å². The molecule has 0 bridgehead atoms. The van der Waals surface area contributed by atoms with Gasteiger partial charge in [0.05, 0.1) is 16.5 Å². The van der Waals surface area contributed by atoms with Crippen LogP contribution >= 0.6 is 34.8 Å². The molecule has 0 saturated heterocycles. The molecular weight excluding hydrogens is 325 g/mol. The number of halogens is 3. The molecule has 0 atom stereocenters. The summed E-state index contributed by atoms with van der Waals surface area (Å²) < 4.78 is 0. The van der Waals surface area contributed by atoms with Crippen LogP contribution in [0.2, 0.25) is 15.1 Å². The van der Waals surface area contributed by atoms with Crippen molar-refractivity contribution in [2.75, 3.05) is 0 Å². The molecular formula is C13H8Cl3NO3. The SMILES string of the molecule is O=C(O)Cc1cc(-c2cc(Cl)cc(Cl)c2Cl)c[nH]c1=O. The molecule has 104 valence electrons. The number of carboxylic acids is 1. The number of H-pyrrole nitrogens is 1. The lowest BCUT2D eigenvalue weighted by Gasteiger charge is -2.08. The highest BCUT2D eigenvalue weighted by Gasteiger charge is 2.12. The van der Waals surface area contributed by atoms with Crippen molar-refractivity contribution >= 4 is 40.8 Å². The number of carbonyl (C=O) groups is 1. The van der Waals surface area contributed by atoms with Crippen molar-refractivity contribution in [2.45, 2.75) is 6.42 Å². The summed E-state index contributed by atoms with van der Waals surface area (Å²) in [6.07, 6.45) is 1.05. The van der Waals surface area contributed by atoms with Crippen LogP contribution in [0, 0.1) is 0 Å². The number of hydrogen-bond acceptors (Lipinski definition) is 2. The molecule has 1 heterocycles. The predicted octanol–water partition coefficient (Wildman–Crippen LogP) is 3.63. The topological polar surface area (TPSA) is 70.2 Å². The van der Waals surface area contributed by atoms with Crippen LogP contribution in [0.15, 0.2) is 29.2 Å². The average Bonchev–Trinajstić information content (AvgIpc) is 2.36. The number of aromatic nitrogens is 1. The summed E-state index contributed by atoms with van der Waals surface area (Å²) in [6.45, 7) is 0. The van der Waals surface area contributed by atoms with Gasteiger partial charge in [-0.25, -0.2) is 0 Å². The molecule has 2 rings (SSSR count). The number of benzene rings is 1. The molecule has 0 fully saturated rings. The van der Waals surface area contributed by atoms with Gasteiger partial charge in [0.1, 0.15) is 0 Å². The van der Waals surface area contributed by atoms with Crippen molar-refractivity contribution in [1.29, 1.82) is 0 Å². The van der Waals surface area contributed by atoms with Crippen LogP contribution in [0.3, 0.4) is 0 Å². The fourth-order valence-electron chi connectivity index (χ4n) is 1.75. The maximum Gasteiger partial charge on any atom is 0.308 e. The van der Waals surface area contributed by atoms with E-state index in [1.165, 1.54) is 18.3 Å². The summed E-state index contributed by atoms with van der Waals surface area (Å²) in [5, 5.41) is 9.72. The van der Waals surface area contributed by atoms with Gasteiger partial charge in [-0.1, -0.05) is 34.8 Å². The highest BCUT2D eigenvalue weighted by molar-refractivity contribution is 6.45. The zero-order valence-corrected chi connectivity index (χ0v) is 12.2. The van der Waals surface area contributed by atoms with Gasteiger partial charge in [-0.3, -0.25) is 9.59 Å². The van der Waals surface area contributed by atoms with Crippen LogP contribution in [0.1, 0.15) is 5.56 Å². The molecule has 0 aliphatic carbocycles. The Hall–Kier alpha value is -1.49. The van der Waals surface area contributed by atoms with E-state index in [9.17, 15) is 9.59 Å². The van der Waals surface area contributed by atoms with E-state index in [2.05, 4.69) is 4.98 Å². The zero-order chi connectivity index (χ0) is 14.9. The molecule has 0 aliphatic rings. The van der Waals surface area contributed by atoms with Crippen LogP contribution in [-0.4, -0.2) is 16.1 Å². The highest BCUT2D eigenvalue weighted by Crippen LogP contribution is 2.36. The van der Waals surface area contributed by atoms with E-state index in [-0.39, 0.29) is 22.0 Å². The summed E-state index contributed by atoms with van der Waals surface area (Å²) >= 11 is 18.0. The molecule has 2 aromatic rings. The number of aliphatic carboxylic acids is 1. The molecule has 2 N–H and O–H groups in total. The maximum atomic E-state index is 11.6. The average molecular weight is 333 g/mol. The summed E-state index contributed by atoms with van der Waals surface area (Å²) in [7, 11) is 0. The van der Waals surface area contributed by atoms with E-state index in [1.807, 2.05) is 0 Å². The Morgan fingerprint density at radius 3 is 2.55 bits per heavy atom. The van der Waals surface area contributed by atoms with Gasteiger partial charge < -0.3 is 10.1 Å².